The van der Waals surface area contributed by atoms with Crippen LogP contribution in [0.4, 0.5) is 4.79 Å². The van der Waals surface area contributed by atoms with E-state index in [-0.39, 0.29) is 0 Å². The molecule has 1 amide bonds. The van der Waals surface area contributed by atoms with Crippen molar-refractivity contribution in [3.8, 4) is 12.3 Å². The maximum absolute atomic E-state index is 11.6. The Morgan fingerprint density at radius 2 is 2.11 bits per heavy atom. The molecule has 0 radical (unpaired) electrons. The van der Waals surface area contributed by atoms with Gasteiger partial charge in [0.1, 0.15) is 11.7 Å². The molecule has 0 bridgehead atoms. The second-order valence-corrected chi connectivity index (χ2v) is 5.67. The summed E-state index contributed by atoms with van der Waals surface area (Å²) < 4.78 is 16.1. The fourth-order valence-electron chi connectivity index (χ4n) is 1.53. The standard InChI is InChI=1S/C13H21NO4/c1-7-10-9(8-16-13(5,6)17-10)14-11(15)18-12(2,3)4/h1,9-10H,8H2,2-6H3,(H,14,15). The van der Waals surface area contributed by atoms with E-state index in [2.05, 4.69) is 11.2 Å². The summed E-state index contributed by atoms with van der Waals surface area (Å²) in [6.07, 6.45) is 4.34. The third kappa shape index (κ3) is 4.55. The number of alkyl carbamates (subject to hydrolysis) is 1. The molecule has 0 aliphatic carbocycles. The van der Waals surface area contributed by atoms with Crippen molar-refractivity contribution < 1.29 is 19.0 Å². The van der Waals surface area contributed by atoms with E-state index in [1.54, 1.807) is 34.6 Å². The molecule has 1 rings (SSSR count). The second kappa shape index (κ2) is 5.17. The molecule has 0 aromatic carbocycles. The van der Waals surface area contributed by atoms with Crippen molar-refractivity contribution in [1.29, 1.82) is 0 Å². The molecule has 102 valence electrons. The zero-order chi connectivity index (χ0) is 14.0. The fraction of sp³-hybridized carbons (Fsp3) is 0.769. The van der Waals surface area contributed by atoms with E-state index in [0.29, 0.717) is 6.61 Å². The van der Waals surface area contributed by atoms with Crippen LogP contribution in [-0.4, -0.2) is 36.2 Å². The maximum Gasteiger partial charge on any atom is 0.408 e. The van der Waals surface area contributed by atoms with Crippen LogP contribution in [-0.2, 0) is 14.2 Å². The van der Waals surface area contributed by atoms with Crippen LogP contribution in [0.15, 0.2) is 0 Å². The van der Waals surface area contributed by atoms with Crippen molar-refractivity contribution in [2.75, 3.05) is 6.61 Å². The quantitative estimate of drug-likeness (QED) is 0.724. The van der Waals surface area contributed by atoms with Gasteiger partial charge in [-0.05, 0) is 34.6 Å². The molecule has 0 saturated carbocycles. The van der Waals surface area contributed by atoms with Crippen LogP contribution in [0.5, 0.6) is 0 Å². The van der Waals surface area contributed by atoms with Crippen LogP contribution in [0.2, 0.25) is 0 Å². The Hall–Kier alpha value is -1.25. The minimum absolute atomic E-state index is 0.293. The van der Waals surface area contributed by atoms with E-state index in [4.69, 9.17) is 20.6 Å². The Morgan fingerprint density at radius 1 is 1.50 bits per heavy atom. The third-order valence-electron chi connectivity index (χ3n) is 2.25. The highest BCUT2D eigenvalue weighted by Crippen LogP contribution is 2.22. The number of carbonyl (C=O) groups excluding carboxylic acids is 1. The van der Waals surface area contributed by atoms with E-state index < -0.39 is 29.6 Å². The summed E-state index contributed by atoms with van der Waals surface area (Å²) >= 11 is 0. The summed E-state index contributed by atoms with van der Waals surface area (Å²) in [6.45, 7) is 9.23. The monoisotopic (exact) mass is 255 g/mol. The molecule has 5 nitrogen and oxygen atoms in total. The van der Waals surface area contributed by atoms with Gasteiger partial charge in [-0.25, -0.2) is 4.79 Å². The number of amides is 1. The summed E-state index contributed by atoms with van der Waals surface area (Å²) in [5.41, 5.74) is -0.550. The summed E-state index contributed by atoms with van der Waals surface area (Å²) in [7, 11) is 0. The lowest BCUT2D eigenvalue weighted by Gasteiger charge is -2.39. The van der Waals surface area contributed by atoms with Gasteiger partial charge in [0.2, 0.25) is 0 Å². The Labute approximate surface area is 108 Å². The first kappa shape index (κ1) is 14.8. The Balaban J connectivity index is 2.57. The Bertz CT molecular complexity index is 351. The predicted octanol–water partition coefficient (Wildman–Crippen LogP) is 1.66. The second-order valence-electron chi connectivity index (χ2n) is 5.67. The molecule has 1 saturated heterocycles. The number of rotatable bonds is 1. The van der Waals surface area contributed by atoms with Crippen molar-refractivity contribution in [2.24, 2.45) is 0 Å². The predicted molar refractivity (Wildman–Crippen MR) is 66.9 cm³/mol. The van der Waals surface area contributed by atoms with Crippen LogP contribution in [0.3, 0.4) is 0 Å². The SMILES string of the molecule is C#CC1OC(C)(C)OCC1NC(=O)OC(C)(C)C. The van der Waals surface area contributed by atoms with Crippen molar-refractivity contribution in [3.05, 3.63) is 0 Å². The molecule has 2 atom stereocenters. The number of hydrogen-bond acceptors (Lipinski definition) is 4. The van der Waals surface area contributed by atoms with Crippen molar-refractivity contribution in [2.45, 2.75) is 58.2 Å². The molecule has 0 aromatic heterocycles. The van der Waals surface area contributed by atoms with Gasteiger partial charge in [0.05, 0.1) is 12.6 Å². The first-order valence-electron chi connectivity index (χ1n) is 5.90. The van der Waals surface area contributed by atoms with Gasteiger partial charge in [0.25, 0.3) is 0 Å². The van der Waals surface area contributed by atoms with Gasteiger partial charge in [0.15, 0.2) is 5.79 Å². The normalized spacial score (nSPS) is 27.1. The van der Waals surface area contributed by atoms with Crippen LogP contribution >= 0.6 is 0 Å². The van der Waals surface area contributed by atoms with Crippen molar-refractivity contribution >= 4 is 6.09 Å². The topological polar surface area (TPSA) is 56.8 Å². The highest BCUT2D eigenvalue weighted by Gasteiger charge is 2.37. The highest BCUT2D eigenvalue weighted by molar-refractivity contribution is 5.68. The molecule has 1 fully saturated rings. The molecule has 0 aromatic rings. The third-order valence-corrected chi connectivity index (χ3v) is 2.25. The summed E-state index contributed by atoms with van der Waals surface area (Å²) in [5.74, 6) is 1.77. The molecule has 5 heteroatoms. The van der Waals surface area contributed by atoms with Crippen molar-refractivity contribution in [3.63, 3.8) is 0 Å². The largest absolute Gasteiger partial charge is 0.444 e. The van der Waals surface area contributed by atoms with E-state index in [1.165, 1.54) is 0 Å². The molecule has 2 unspecified atom stereocenters. The number of ether oxygens (including phenoxy) is 3. The first-order valence-corrected chi connectivity index (χ1v) is 5.90. The van der Waals surface area contributed by atoms with Gasteiger partial charge in [-0.3, -0.25) is 0 Å². The lowest BCUT2D eigenvalue weighted by Crippen LogP contribution is -2.56. The average Bonchev–Trinajstić information content (AvgIpc) is 2.17. The molecular formula is C13H21NO4. The summed E-state index contributed by atoms with van der Waals surface area (Å²) in [5, 5.41) is 2.66. The Kier molecular flexibility index (Phi) is 4.25. The number of nitrogens with one attached hydrogen (secondary N) is 1. The van der Waals surface area contributed by atoms with Crippen LogP contribution in [0, 0.1) is 12.3 Å². The minimum Gasteiger partial charge on any atom is -0.444 e. The van der Waals surface area contributed by atoms with Gasteiger partial charge in [0, 0.05) is 0 Å². The van der Waals surface area contributed by atoms with Gasteiger partial charge in [-0.2, -0.15) is 0 Å². The highest BCUT2D eigenvalue weighted by atomic mass is 16.7. The molecule has 1 aliphatic heterocycles. The molecule has 1 N–H and O–H groups in total. The Morgan fingerprint density at radius 3 is 2.61 bits per heavy atom. The minimum atomic E-state index is -0.733. The number of terminal acetylenes is 1. The summed E-state index contributed by atoms with van der Waals surface area (Å²) in [6, 6.07) is -0.405. The number of hydrogen-bond donors (Lipinski definition) is 1. The van der Waals surface area contributed by atoms with Crippen LogP contribution in [0.25, 0.3) is 0 Å². The molecule has 1 aliphatic rings. The smallest absolute Gasteiger partial charge is 0.408 e. The van der Waals surface area contributed by atoms with Crippen molar-refractivity contribution in [1.82, 2.24) is 5.32 Å². The van der Waals surface area contributed by atoms with Gasteiger partial charge in [-0.15, -0.1) is 6.42 Å². The number of carbonyl (C=O) groups is 1. The zero-order valence-electron chi connectivity index (χ0n) is 11.6. The lowest BCUT2D eigenvalue weighted by atomic mass is 10.1. The van der Waals surface area contributed by atoms with E-state index in [9.17, 15) is 4.79 Å². The first-order chi connectivity index (χ1) is 8.13. The van der Waals surface area contributed by atoms with E-state index in [0.717, 1.165) is 0 Å². The lowest BCUT2D eigenvalue weighted by molar-refractivity contribution is -0.269. The molecular weight excluding hydrogens is 234 g/mol. The molecule has 18 heavy (non-hydrogen) atoms. The van der Waals surface area contributed by atoms with E-state index in [1.807, 2.05) is 0 Å². The maximum atomic E-state index is 11.6. The van der Waals surface area contributed by atoms with Gasteiger partial charge in [-0.1, -0.05) is 5.92 Å². The average molecular weight is 255 g/mol. The van der Waals surface area contributed by atoms with Crippen LogP contribution < -0.4 is 5.32 Å². The zero-order valence-corrected chi connectivity index (χ0v) is 11.6. The van der Waals surface area contributed by atoms with E-state index >= 15 is 0 Å². The fourth-order valence-corrected chi connectivity index (χ4v) is 1.53. The molecule has 1 heterocycles. The van der Waals surface area contributed by atoms with Gasteiger partial charge < -0.3 is 19.5 Å². The van der Waals surface area contributed by atoms with Crippen LogP contribution in [0.1, 0.15) is 34.6 Å². The summed E-state index contributed by atoms with van der Waals surface area (Å²) in [4.78, 5) is 11.6. The van der Waals surface area contributed by atoms with Gasteiger partial charge >= 0.3 is 6.09 Å². The molecule has 0 spiro atoms.